The summed E-state index contributed by atoms with van der Waals surface area (Å²) in [5, 5.41) is 50.4. The van der Waals surface area contributed by atoms with Gasteiger partial charge in [0.25, 0.3) is 0 Å². The third kappa shape index (κ3) is 4.17. The molecule has 1 saturated heterocycles. The molecule has 0 amide bonds. The molecule has 0 saturated carbocycles. The van der Waals surface area contributed by atoms with Crippen molar-refractivity contribution in [2.24, 2.45) is 0 Å². The maximum atomic E-state index is 10.3. The van der Waals surface area contributed by atoms with Crippen LogP contribution in [0.2, 0.25) is 5.02 Å². The van der Waals surface area contributed by atoms with Crippen LogP contribution in [0.25, 0.3) is 0 Å². The van der Waals surface area contributed by atoms with E-state index in [0.717, 1.165) is 17.5 Å². The summed E-state index contributed by atoms with van der Waals surface area (Å²) in [5.74, 6) is -0.195. The number of aliphatic hydroxyl groups excluding tert-OH is 4. The van der Waals surface area contributed by atoms with Crippen LogP contribution < -0.4 is 0 Å². The summed E-state index contributed by atoms with van der Waals surface area (Å²) in [5.41, 5.74) is 3.21. The Morgan fingerprint density at radius 3 is 2.21 bits per heavy atom. The fourth-order valence-corrected chi connectivity index (χ4v) is 3.69. The highest BCUT2D eigenvalue weighted by atomic mass is 35.5. The van der Waals surface area contributed by atoms with Crippen LogP contribution in [0.5, 0.6) is 5.75 Å². The van der Waals surface area contributed by atoms with Gasteiger partial charge in [0, 0.05) is 10.6 Å². The number of hydrogen-bond donors (Lipinski definition) is 5. The van der Waals surface area contributed by atoms with Crippen molar-refractivity contribution in [1.82, 2.24) is 0 Å². The van der Waals surface area contributed by atoms with Crippen LogP contribution in [0.15, 0.2) is 36.4 Å². The van der Waals surface area contributed by atoms with E-state index < -0.39 is 37.1 Å². The first-order chi connectivity index (χ1) is 13.3. The number of aliphatic hydroxyl groups is 4. The van der Waals surface area contributed by atoms with Gasteiger partial charge in [-0.1, -0.05) is 42.8 Å². The molecular weight excluding hydrogens is 384 g/mol. The molecule has 1 aliphatic rings. The molecule has 152 valence electrons. The van der Waals surface area contributed by atoms with Crippen LogP contribution in [0.4, 0.5) is 0 Å². The number of halogens is 1. The van der Waals surface area contributed by atoms with Crippen LogP contribution in [0, 0.1) is 0 Å². The number of aryl methyl sites for hydroxylation is 1. The van der Waals surface area contributed by atoms with Gasteiger partial charge in [0.15, 0.2) is 0 Å². The lowest BCUT2D eigenvalue weighted by molar-refractivity contribution is -0.232. The van der Waals surface area contributed by atoms with Gasteiger partial charge >= 0.3 is 0 Å². The normalized spacial score (nSPS) is 27.7. The molecule has 1 fully saturated rings. The molecule has 0 unspecified atom stereocenters. The van der Waals surface area contributed by atoms with E-state index in [-0.39, 0.29) is 11.3 Å². The van der Waals surface area contributed by atoms with Crippen molar-refractivity contribution in [2.45, 2.75) is 50.3 Å². The second kappa shape index (κ2) is 8.78. The van der Waals surface area contributed by atoms with Crippen molar-refractivity contribution in [1.29, 1.82) is 0 Å². The van der Waals surface area contributed by atoms with Gasteiger partial charge in [-0.3, -0.25) is 0 Å². The first-order valence-corrected chi connectivity index (χ1v) is 9.63. The van der Waals surface area contributed by atoms with E-state index in [1.807, 2.05) is 24.3 Å². The molecule has 0 aliphatic carbocycles. The van der Waals surface area contributed by atoms with E-state index in [0.29, 0.717) is 11.4 Å². The number of phenolic OH excluding ortho intramolecular Hbond substituents is 1. The summed E-state index contributed by atoms with van der Waals surface area (Å²) >= 11 is 6.30. The highest BCUT2D eigenvalue weighted by Crippen LogP contribution is 2.39. The van der Waals surface area contributed by atoms with Crippen LogP contribution in [0.3, 0.4) is 0 Å². The Balaban J connectivity index is 1.92. The molecule has 2 aromatic rings. The Morgan fingerprint density at radius 2 is 1.61 bits per heavy atom. The molecule has 3 rings (SSSR count). The number of hydrogen-bond acceptors (Lipinski definition) is 6. The number of benzene rings is 2. The lowest BCUT2D eigenvalue weighted by atomic mass is 9.89. The third-order valence-electron chi connectivity index (χ3n) is 5.22. The highest BCUT2D eigenvalue weighted by molar-refractivity contribution is 6.31. The van der Waals surface area contributed by atoms with E-state index in [9.17, 15) is 25.5 Å². The zero-order chi connectivity index (χ0) is 20.4. The Morgan fingerprint density at radius 1 is 0.964 bits per heavy atom. The van der Waals surface area contributed by atoms with Crippen LogP contribution >= 0.6 is 11.6 Å². The van der Waals surface area contributed by atoms with Crippen molar-refractivity contribution in [3.05, 3.63) is 63.7 Å². The van der Waals surface area contributed by atoms with Gasteiger partial charge in [0.1, 0.15) is 36.3 Å². The molecule has 7 heteroatoms. The van der Waals surface area contributed by atoms with Crippen molar-refractivity contribution < 1.29 is 30.3 Å². The lowest BCUT2D eigenvalue weighted by Crippen LogP contribution is -2.55. The minimum Gasteiger partial charge on any atom is -0.508 e. The molecule has 2 aromatic carbocycles. The lowest BCUT2D eigenvalue weighted by Gasteiger charge is -2.40. The second-order valence-electron chi connectivity index (χ2n) is 7.10. The average Bonchev–Trinajstić information content (AvgIpc) is 2.69. The molecule has 1 aliphatic heterocycles. The Kier molecular flexibility index (Phi) is 6.60. The Labute approximate surface area is 168 Å². The van der Waals surface area contributed by atoms with Gasteiger partial charge in [-0.05, 0) is 41.7 Å². The molecule has 6 nitrogen and oxygen atoms in total. The van der Waals surface area contributed by atoms with Crippen molar-refractivity contribution in [2.75, 3.05) is 6.61 Å². The quantitative estimate of drug-likeness (QED) is 0.515. The summed E-state index contributed by atoms with van der Waals surface area (Å²) in [4.78, 5) is 0. The Bertz CT molecular complexity index is 807. The summed E-state index contributed by atoms with van der Waals surface area (Å²) in [7, 11) is 0. The number of rotatable bonds is 5. The fourth-order valence-electron chi connectivity index (χ4n) is 3.46. The molecule has 1 heterocycles. The average molecular weight is 409 g/mol. The predicted octanol–water partition coefficient (Wildman–Crippen LogP) is 1.71. The number of phenols is 1. The molecule has 0 aromatic heterocycles. The molecule has 0 bridgehead atoms. The van der Waals surface area contributed by atoms with E-state index in [4.69, 9.17) is 16.3 Å². The standard InChI is InChI=1S/C21H25ClO6/c1-2-11-3-5-12(6-4-11)7-13-8-14(16(24)9-15(13)22)21-20(27)19(26)18(25)17(10-23)28-21/h3-6,8-9,17-21,23-27H,2,7,10H2,1H3/t17-,18-,19+,20-,21+/m1/s1. The summed E-state index contributed by atoms with van der Waals surface area (Å²) in [6, 6.07) is 11.1. The van der Waals surface area contributed by atoms with Crippen LogP contribution in [0.1, 0.15) is 35.3 Å². The molecule has 28 heavy (non-hydrogen) atoms. The second-order valence-corrected chi connectivity index (χ2v) is 7.51. The van der Waals surface area contributed by atoms with Gasteiger partial charge < -0.3 is 30.3 Å². The molecule has 0 spiro atoms. The van der Waals surface area contributed by atoms with Crippen LogP contribution in [-0.4, -0.2) is 56.6 Å². The fraction of sp³-hybridized carbons (Fsp3) is 0.429. The minimum absolute atomic E-state index is 0.195. The first-order valence-electron chi connectivity index (χ1n) is 9.25. The van der Waals surface area contributed by atoms with E-state index in [2.05, 4.69) is 6.92 Å². The topological polar surface area (TPSA) is 110 Å². The van der Waals surface area contributed by atoms with Gasteiger partial charge in [-0.25, -0.2) is 0 Å². The highest BCUT2D eigenvalue weighted by Gasteiger charge is 2.44. The summed E-state index contributed by atoms with van der Waals surface area (Å²) in [6.45, 7) is 1.55. The van der Waals surface area contributed by atoms with E-state index >= 15 is 0 Å². The maximum Gasteiger partial charge on any atom is 0.122 e. The van der Waals surface area contributed by atoms with E-state index in [1.165, 1.54) is 11.6 Å². The molecule has 5 N–H and O–H groups in total. The van der Waals surface area contributed by atoms with Crippen molar-refractivity contribution in [3.63, 3.8) is 0 Å². The van der Waals surface area contributed by atoms with E-state index in [1.54, 1.807) is 6.07 Å². The smallest absolute Gasteiger partial charge is 0.122 e. The number of ether oxygens (including phenoxy) is 1. The van der Waals surface area contributed by atoms with Gasteiger partial charge in [0.05, 0.1) is 6.61 Å². The number of aromatic hydroxyl groups is 1. The summed E-state index contributed by atoms with van der Waals surface area (Å²) in [6.07, 6.45) is -5.16. The zero-order valence-corrected chi connectivity index (χ0v) is 16.3. The molecular formula is C21H25ClO6. The van der Waals surface area contributed by atoms with Gasteiger partial charge in [0.2, 0.25) is 0 Å². The third-order valence-corrected chi connectivity index (χ3v) is 5.57. The molecule has 5 atom stereocenters. The zero-order valence-electron chi connectivity index (χ0n) is 15.5. The van der Waals surface area contributed by atoms with Crippen molar-refractivity contribution in [3.8, 4) is 5.75 Å². The molecule has 0 radical (unpaired) electrons. The van der Waals surface area contributed by atoms with Gasteiger partial charge in [-0.15, -0.1) is 0 Å². The summed E-state index contributed by atoms with van der Waals surface area (Å²) < 4.78 is 5.56. The minimum atomic E-state index is -1.52. The monoisotopic (exact) mass is 408 g/mol. The maximum absolute atomic E-state index is 10.3. The largest absolute Gasteiger partial charge is 0.508 e. The van der Waals surface area contributed by atoms with Gasteiger partial charge in [-0.2, -0.15) is 0 Å². The first kappa shape index (κ1) is 21.0. The van der Waals surface area contributed by atoms with Crippen LogP contribution in [-0.2, 0) is 17.6 Å². The van der Waals surface area contributed by atoms with Crippen molar-refractivity contribution >= 4 is 11.6 Å². The SMILES string of the molecule is CCc1ccc(Cc2cc([C@@H]3O[C@H](CO)[C@@H](O)[C@H](O)[C@H]3O)c(O)cc2Cl)cc1. The predicted molar refractivity (Wildman–Crippen MR) is 104 cm³/mol. The Hall–Kier alpha value is -1.67.